The molecule has 0 unspecified atom stereocenters. The van der Waals surface area contributed by atoms with Crippen molar-refractivity contribution in [2.75, 3.05) is 24.3 Å². The van der Waals surface area contributed by atoms with Crippen molar-refractivity contribution in [2.45, 2.75) is 24.5 Å². The summed E-state index contributed by atoms with van der Waals surface area (Å²) in [5.41, 5.74) is 6.49. The van der Waals surface area contributed by atoms with E-state index in [9.17, 15) is 10.2 Å². The first-order valence-electron chi connectivity index (χ1n) is 6.86. The number of nitrogens with one attached hydrogen (secondary N) is 1. The molecule has 3 heterocycles. The van der Waals surface area contributed by atoms with Crippen LogP contribution < -0.4 is 11.1 Å². The number of rotatable bonds is 5. The van der Waals surface area contributed by atoms with Gasteiger partial charge in [0, 0.05) is 13.1 Å². The smallest absolute Gasteiger partial charge is 0.167 e. The van der Waals surface area contributed by atoms with Gasteiger partial charge < -0.3 is 26.0 Å². The summed E-state index contributed by atoms with van der Waals surface area (Å²) in [4.78, 5) is 12.6. The summed E-state index contributed by atoms with van der Waals surface area (Å²) in [6, 6.07) is 0. The second-order valence-electron chi connectivity index (χ2n) is 4.96. The summed E-state index contributed by atoms with van der Waals surface area (Å²) in [7, 11) is 0. The normalized spacial score (nSPS) is 28.4. The maximum atomic E-state index is 10.1. The van der Waals surface area contributed by atoms with Crippen molar-refractivity contribution in [3.8, 4) is 0 Å². The number of ether oxygens (including phenoxy) is 1. The Bertz CT molecular complexity index is 653. The van der Waals surface area contributed by atoms with Gasteiger partial charge in [0.05, 0.1) is 12.2 Å². The topological polar surface area (TPSA) is 131 Å². The van der Waals surface area contributed by atoms with Gasteiger partial charge in [-0.15, -0.1) is 11.6 Å². The number of hydrogen-bond acceptors (Lipinski definition) is 8. The number of hydrogen-bond donors (Lipinski definition) is 4. The molecule has 1 saturated heterocycles. The maximum absolute atomic E-state index is 10.1. The minimum atomic E-state index is -1.11. The lowest BCUT2D eigenvalue weighted by Gasteiger charge is -2.16. The van der Waals surface area contributed by atoms with Gasteiger partial charge in [-0.2, -0.15) is 0 Å². The number of aliphatic hydroxyl groups is 2. The van der Waals surface area contributed by atoms with Crippen LogP contribution in [0.4, 0.5) is 5.82 Å². The molecule has 10 heteroatoms. The summed E-state index contributed by atoms with van der Waals surface area (Å²) < 4.78 is 7.16. The quantitative estimate of drug-likeness (QED) is 0.517. The van der Waals surface area contributed by atoms with Gasteiger partial charge in [-0.25, -0.2) is 15.0 Å². The van der Waals surface area contributed by atoms with Crippen LogP contribution in [0, 0.1) is 0 Å². The Kier molecular flexibility index (Phi) is 4.41. The molecule has 4 atom stereocenters. The van der Waals surface area contributed by atoms with E-state index in [4.69, 9.17) is 22.1 Å². The molecule has 3 rings (SSSR count). The Morgan fingerprint density at radius 2 is 2.14 bits per heavy atom. The number of halogens is 1. The van der Waals surface area contributed by atoms with Crippen molar-refractivity contribution in [2.24, 2.45) is 5.73 Å². The van der Waals surface area contributed by atoms with Crippen molar-refractivity contribution < 1.29 is 14.9 Å². The fourth-order valence-corrected chi connectivity index (χ4v) is 2.70. The van der Waals surface area contributed by atoms with Crippen LogP contribution in [0.3, 0.4) is 0 Å². The number of nitrogens with zero attached hydrogens (tertiary/aromatic N) is 4. The molecule has 2 aromatic rings. The third kappa shape index (κ3) is 2.50. The molecular weight excluding hydrogens is 312 g/mol. The molecular formula is C12H17ClN6O3. The maximum Gasteiger partial charge on any atom is 0.167 e. The molecule has 1 aliphatic heterocycles. The van der Waals surface area contributed by atoms with Gasteiger partial charge in [-0.1, -0.05) is 0 Å². The lowest BCUT2D eigenvalue weighted by atomic mass is 10.1. The third-order valence-electron chi connectivity index (χ3n) is 3.56. The van der Waals surface area contributed by atoms with Gasteiger partial charge in [-0.3, -0.25) is 4.57 Å². The van der Waals surface area contributed by atoms with Crippen molar-refractivity contribution in [1.29, 1.82) is 0 Å². The van der Waals surface area contributed by atoms with Gasteiger partial charge in [0.15, 0.2) is 23.2 Å². The van der Waals surface area contributed by atoms with Crippen LogP contribution in [0.15, 0.2) is 12.7 Å². The summed E-state index contributed by atoms with van der Waals surface area (Å²) >= 11 is 5.73. The highest BCUT2D eigenvalue weighted by Gasteiger charge is 2.43. The number of nitrogens with two attached hydrogens (primary N) is 1. The van der Waals surface area contributed by atoms with Crippen molar-refractivity contribution in [1.82, 2.24) is 19.5 Å². The zero-order chi connectivity index (χ0) is 15.7. The summed E-state index contributed by atoms with van der Waals surface area (Å²) in [5.74, 6) is 0.635. The van der Waals surface area contributed by atoms with E-state index in [1.165, 1.54) is 12.7 Å². The number of aliphatic hydroxyl groups excluding tert-OH is 2. The lowest BCUT2D eigenvalue weighted by Crippen LogP contribution is -2.32. The van der Waals surface area contributed by atoms with Gasteiger partial charge in [-0.05, 0) is 0 Å². The molecule has 0 saturated carbocycles. The Morgan fingerprint density at radius 3 is 2.82 bits per heavy atom. The SMILES string of the molecule is NCCNc1ncnc2c1ncn2[C@@H]1O[C@H](CCl)[C@@H](O)[C@H]1O. The van der Waals surface area contributed by atoms with Gasteiger partial charge in [0.2, 0.25) is 0 Å². The fraction of sp³-hybridized carbons (Fsp3) is 0.583. The second-order valence-corrected chi connectivity index (χ2v) is 5.27. The predicted molar refractivity (Wildman–Crippen MR) is 79.5 cm³/mol. The minimum absolute atomic E-state index is 0.0830. The zero-order valence-electron chi connectivity index (χ0n) is 11.6. The minimum Gasteiger partial charge on any atom is -0.387 e. The van der Waals surface area contributed by atoms with E-state index in [2.05, 4.69) is 20.3 Å². The van der Waals surface area contributed by atoms with E-state index < -0.39 is 24.5 Å². The summed E-state index contributed by atoms with van der Waals surface area (Å²) in [6.07, 6.45) is -0.745. The monoisotopic (exact) mass is 328 g/mol. The molecule has 120 valence electrons. The fourth-order valence-electron chi connectivity index (χ4n) is 2.44. The highest BCUT2D eigenvalue weighted by molar-refractivity contribution is 6.18. The van der Waals surface area contributed by atoms with Crippen LogP contribution in [-0.2, 0) is 4.74 Å². The zero-order valence-corrected chi connectivity index (χ0v) is 12.4. The van der Waals surface area contributed by atoms with E-state index >= 15 is 0 Å². The first-order valence-corrected chi connectivity index (χ1v) is 7.40. The van der Waals surface area contributed by atoms with Crippen LogP contribution in [0.5, 0.6) is 0 Å². The molecule has 9 nitrogen and oxygen atoms in total. The first kappa shape index (κ1) is 15.4. The van der Waals surface area contributed by atoms with Gasteiger partial charge >= 0.3 is 0 Å². The molecule has 0 radical (unpaired) electrons. The van der Waals surface area contributed by atoms with Crippen LogP contribution in [0.1, 0.15) is 6.23 Å². The average molecular weight is 329 g/mol. The number of imidazole rings is 1. The summed E-state index contributed by atoms with van der Waals surface area (Å²) in [5, 5.41) is 23.1. The molecule has 22 heavy (non-hydrogen) atoms. The van der Waals surface area contributed by atoms with Crippen LogP contribution >= 0.6 is 11.6 Å². The number of aromatic nitrogens is 4. The first-order chi connectivity index (χ1) is 10.7. The van der Waals surface area contributed by atoms with E-state index in [0.717, 1.165) is 0 Å². The van der Waals surface area contributed by atoms with Crippen molar-refractivity contribution in [3.05, 3.63) is 12.7 Å². The largest absolute Gasteiger partial charge is 0.387 e. The Labute approximate surface area is 131 Å². The summed E-state index contributed by atoms with van der Waals surface area (Å²) in [6.45, 7) is 1.01. The number of anilines is 1. The van der Waals surface area contributed by atoms with Crippen LogP contribution in [0.25, 0.3) is 11.2 Å². The van der Waals surface area contributed by atoms with Gasteiger partial charge in [0.1, 0.15) is 24.6 Å². The van der Waals surface area contributed by atoms with E-state index in [1.54, 1.807) is 4.57 Å². The molecule has 1 fully saturated rings. The van der Waals surface area contributed by atoms with E-state index in [0.29, 0.717) is 30.1 Å². The molecule has 0 aliphatic carbocycles. The molecule has 0 spiro atoms. The molecule has 0 bridgehead atoms. The number of alkyl halides is 1. The molecule has 2 aromatic heterocycles. The Balaban J connectivity index is 1.95. The molecule has 1 aliphatic rings. The van der Waals surface area contributed by atoms with Gasteiger partial charge in [0.25, 0.3) is 0 Å². The standard InChI is InChI=1S/C12H17ClN6O3/c13-3-6-8(20)9(21)12(22-6)19-5-18-7-10(15-2-1-14)16-4-17-11(7)19/h4-6,8-9,12,20-21H,1-3,14H2,(H,15,16,17)/t6-,8-,9-,12-/m1/s1. The van der Waals surface area contributed by atoms with Crippen molar-refractivity contribution >= 4 is 28.6 Å². The van der Waals surface area contributed by atoms with Crippen molar-refractivity contribution in [3.63, 3.8) is 0 Å². The highest BCUT2D eigenvalue weighted by atomic mass is 35.5. The second kappa shape index (κ2) is 6.31. The predicted octanol–water partition coefficient (Wildman–Crippen LogP) is -0.945. The Morgan fingerprint density at radius 1 is 1.32 bits per heavy atom. The highest BCUT2D eigenvalue weighted by Crippen LogP contribution is 2.32. The lowest BCUT2D eigenvalue weighted by molar-refractivity contribution is -0.0291. The van der Waals surface area contributed by atoms with Crippen LogP contribution in [-0.4, -0.2) is 67.0 Å². The van der Waals surface area contributed by atoms with E-state index in [-0.39, 0.29) is 5.88 Å². The molecule has 0 amide bonds. The molecule has 0 aromatic carbocycles. The number of fused-ring (bicyclic) bond motifs is 1. The Hall–Kier alpha value is -1.52. The third-order valence-corrected chi connectivity index (χ3v) is 3.86. The molecule has 5 N–H and O–H groups in total. The average Bonchev–Trinajstić information content (AvgIpc) is 3.08. The van der Waals surface area contributed by atoms with Crippen LogP contribution in [0.2, 0.25) is 0 Å². The van der Waals surface area contributed by atoms with E-state index in [1.807, 2.05) is 0 Å².